The molecular weight excluding hydrogens is 154 g/mol. The molecule has 0 radical (unpaired) electrons. The second-order valence-corrected chi connectivity index (χ2v) is 1.79. The average molecular weight is 159 g/mol. The zero-order valence-corrected chi connectivity index (χ0v) is 4.67. The van der Waals surface area contributed by atoms with E-state index in [2.05, 4.69) is 0 Å². The maximum absolute atomic E-state index is 11.9. The van der Waals surface area contributed by atoms with E-state index in [9.17, 15) is 17.6 Å². The van der Waals surface area contributed by atoms with Gasteiger partial charge in [-0.05, 0) is 0 Å². The lowest BCUT2D eigenvalue weighted by Gasteiger charge is -2.12. The predicted octanol–water partition coefficient (Wildman–Crippen LogP) is -0.175. The molecule has 0 saturated carbocycles. The van der Waals surface area contributed by atoms with Crippen LogP contribution in [0.15, 0.2) is 0 Å². The average Bonchev–Trinajstić information content (AvgIpc) is 2.11. The van der Waals surface area contributed by atoms with E-state index in [4.69, 9.17) is 0 Å². The van der Waals surface area contributed by atoms with Crippen molar-refractivity contribution in [2.24, 2.45) is 0 Å². The van der Waals surface area contributed by atoms with Crippen LogP contribution >= 0.6 is 0 Å². The fourth-order valence-electron chi connectivity index (χ4n) is 0.562. The van der Waals surface area contributed by atoms with Crippen molar-refractivity contribution in [1.82, 2.24) is 16.2 Å². The fraction of sp³-hybridized carbons (Fsp3) is 1.00. The van der Waals surface area contributed by atoms with Crippen molar-refractivity contribution in [3.05, 3.63) is 0 Å². The van der Waals surface area contributed by atoms with Gasteiger partial charge in [0.1, 0.15) is 0 Å². The summed E-state index contributed by atoms with van der Waals surface area (Å²) in [4.78, 5) is 0. The van der Waals surface area contributed by atoms with Gasteiger partial charge in [0, 0.05) is 0 Å². The lowest BCUT2D eigenvalue weighted by molar-refractivity contribution is -0.159. The Hall–Kier alpha value is -0.400. The van der Waals surface area contributed by atoms with Gasteiger partial charge in [0.25, 0.3) is 0 Å². The molecule has 0 aromatic heterocycles. The van der Waals surface area contributed by atoms with Gasteiger partial charge in [-0.2, -0.15) is 13.2 Å². The van der Waals surface area contributed by atoms with Crippen molar-refractivity contribution < 1.29 is 17.6 Å². The maximum atomic E-state index is 11.9. The third kappa shape index (κ3) is 1.55. The molecule has 2 unspecified atom stereocenters. The summed E-state index contributed by atoms with van der Waals surface area (Å²) in [7, 11) is 0. The molecule has 0 amide bonds. The van der Waals surface area contributed by atoms with Gasteiger partial charge < -0.3 is 0 Å². The Morgan fingerprint density at radius 1 is 1.10 bits per heavy atom. The number of alkyl halides is 4. The first-order chi connectivity index (χ1) is 4.50. The van der Waals surface area contributed by atoms with E-state index in [1.807, 2.05) is 0 Å². The van der Waals surface area contributed by atoms with Crippen LogP contribution in [0.2, 0.25) is 0 Å². The Balaban J connectivity index is 2.45. The summed E-state index contributed by atoms with van der Waals surface area (Å²) in [5, 5.41) is 1.58. The van der Waals surface area contributed by atoms with Crippen molar-refractivity contribution in [3.63, 3.8) is 0 Å². The van der Waals surface area contributed by atoms with Crippen LogP contribution in [0.1, 0.15) is 0 Å². The summed E-state index contributed by atoms with van der Waals surface area (Å²) in [6.45, 7) is 0. The smallest absolute Gasteiger partial charge is 0.250 e. The highest BCUT2D eigenvalue weighted by Gasteiger charge is 2.44. The Kier molecular flexibility index (Phi) is 1.80. The van der Waals surface area contributed by atoms with Crippen LogP contribution in [0.4, 0.5) is 17.6 Å². The second kappa shape index (κ2) is 2.33. The predicted molar refractivity (Wildman–Crippen MR) is 24.1 cm³/mol. The third-order valence-corrected chi connectivity index (χ3v) is 0.995. The lowest BCUT2D eigenvalue weighted by atomic mass is 10.5. The third-order valence-electron chi connectivity index (χ3n) is 0.995. The van der Waals surface area contributed by atoms with Crippen molar-refractivity contribution in [2.45, 2.75) is 18.8 Å². The molecule has 1 aliphatic heterocycles. The Morgan fingerprint density at radius 3 is 1.90 bits per heavy atom. The normalized spacial score (nSPS) is 34.8. The van der Waals surface area contributed by atoms with E-state index in [1.54, 1.807) is 16.2 Å². The summed E-state index contributed by atoms with van der Waals surface area (Å²) >= 11 is 0. The molecule has 10 heavy (non-hydrogen) atoms. The highest BCUT2D eigenvalue weighted by molar-refractivity contribution is 4.76. The largest absolute Gasteiger partial charge is 0.418 e. The standard InChI is InChI=1S/C3H5F4N3/c4-2-8-1(9-10-2)3(5,6)7/h1-2,8-10H. The molecule has 60 valence electrons. The fourth-order valence-corrected chi connectivity index (χ4v) is 0.562. The Morgan fingerprint density at radius 2 is 1.70 bits per heavy atom. The Labute approximate surface area is 53.7 Å². The van der Waals surface area contributed by atoms with Gasteiger partial charge in [0.15, 0.2) is 6.17 Å². The number of halogens is 4. The highest BCUT2D eigenvalue weighted by atomic mass is 19.4. The van der Waals surface area contributed by atoms with Crippen molar-refractivity contribution in [1.29, 1.82) is 0 Å². The molecule has 0 aromatic carbocycles. The van der Waals surface area contributed by atoms with Gasteiger partial charge in [-0.1, -0.05) is 0 Å². The van der Waals surface area contributed by atoms with Crippen molar-refractivity contribution >= 4 is 0 Å². The second-order valence-electron chi connectivity index (χ2n) is 1.79. The van der Waals surface area contributed by atoms with Gasteiger partial charge >= 0.3 is 6.18 Å². The molecule has 1 aliphatic rings. The van der Waals surface area contributed by atoms with E-state index in [1.165, 1.54) is 0 Å². The molecule has 7 heteroatoms. The molecule has 3 nitrogen and oxygen atoms in total. The summed E-state index contributed by atoms with van der Waals surface area (Å²) in [5.74, 6) is 0. The van der Waals surface area contributed by atoms with Gasteiger partial charge in [-0.25, -0.2) is 20.6 Å². The van der Waals surface area contributed by atoms with Crippen molar-refractivity contribution in [2.75, 3.05) is 0 Å². The van der Waals surface area contributed by atoms with Gasteiger partial charge in [-0.3, -0.25) is 0 Å². The minimum Gasteiger partial charge on any atom is -0.250 e. The number of rotatable bonds is 0. The maximum Gasteiger partial charge on any atom is 0.418 e. The van der Waals surface area contributed by atoms with Crippen LogP contribution in [-0.2, 0) is 0 Å². The quantitative estimate of drug-likeness (QED) is 0.339. The van der Waals surface area contributed by atoms with Crippen LogP contribution in [-0.4, -0.2) is 18.8 Å². The highest BCUT2D eigenvalue weighted by Crippen LogP contribution is 2.19. The van der Waals surface area contributed by atoms with Gasteiger partial charge in [0.2, 0.25) is 6.42 Å². The lowest BCUT2D eigenvalue weighted by Crippen LogP contribution is -2.46. The molecular formula is C3H5F4N3. The molecule has 1 heterocycles. The monoisotopic (exact) mass is 159 g/mol. The zero-order chi connectivity index (χ0) is 7.78. The summed E-state index contributed by atoms with van der Waals surface area (Å²) < 4.78 is 46.7. The number of hydrazine groups is 1. The van der Waals surface area contributed by atoms with E-state index < -0.39 is 18.8 Å². The van der Waals surface area contributed by atoms with Crippen LogP contribution in [0.5, 0.6) is 0 Å². The number of nitrogens with one attached hydrogen (secondary N) is 3. The van der Waals surface area contributed by atoms with E-state index in [0.29, 0.717) is 0 Å². The molecule has 0 aromatic rings. The van der Waals surface area contributed by atoms with Gasteiger partial charge in [-0.15, -0.1) is 0 Å². The Bertz CT molecular complexity index is 123. The number of hydrogen-bond donors (Lipinski definition) is 3. The zero-order valence-electron chi connectivity index (χ0n) is 4.67. The first-order valence-electron chi connectivity index (χ1n) is 2.48. The molecule has 3 N–H and O–H groups in total. The number of hydrogen-bond acceptors (Lipinski definition) is 3. The van der Waals surface area contributed by atoms with Gasteiger partial charge in [0.05, 0.1) is 0 Å². The van der Waals surface area contributed by atoms with Crippen molar-refractivity contribution in [3.8, 4) is 0 Å². The SMILES string of the molecule is FC1NNC(C(F)(F)F)N1. The van der Waals surface area contributed by atoms with Crippen LogP contribution in [0.25, 0.3) is 0 Å². The molecule has 1 saturated heterocycles. The molecule has 0 spiro atoms. The summed E-state index contributed by atoms with van der Waals surface area (Å²) in [5.41, 5.74) is 3.41. The topological polar surface area (TPSA) is 36.1 Å². The van der Waals surface area contributed by atoms with Crippen LogP contribution in [0.3, 0.4) is 0 Å². The van der Waals surface area contributed by atoms with E-state index in [-0.39, 0.29) is 0 Å². The first kappa shape index (κ1) is 7.70. The van der Waals surface area contributed by atoms with Crippen LogP contribution < -0.4 is 16.2 Å². The molecule has 0 bridgehead atoms. The molecule has 0 aliphatic carbocycles. The first-order valence-corrected chi connectivity index (χ1v) is 2.48. The minimum atomic E-state index is -4.46. The molecule has 2 atom stereocenters. The summed E-state index contributed by atoms with van der Waals surface area (Å²) in [6.07, 6.45) is -8.30. The molecule has 1 fully saturated rings. The van der Waals surface area contributed by atoms with E-state index in [0.717, 1.165) is 0 Å². The van der Waals surface area contributed by atoms with Crippen LogP contribution in [0, 0.1) is 0 Å². The molecule has 1 rings (SSSR count). The minimum absolute atomic E-state index is 1.58. The summed E-state index contributed by atoms with van der Waals surface area (Å²) in [6, 6.07) is 0. The van der Waals surface area contributed by atoms with E-state index >= 15 is 0 Å².